The van der Waals surface area contributed by atoms with Crippen LogP contribution in [0.15, 0.2) is 4.99 Å². The monoisotopic (exact) mass is 408 g/mol. The van der Waals surface area contributed by atoms with E-state index < -0.39 is 12.7 Å². The van der Waals surface area contributed by atoms with Crippen molar-refractivity contribution >= 4 is 5.96 Å². The fourth-order valence-electron chi connectivity index (χ4n) is 3.64. The standard InChI is InChI=1S/C20H39F3N4O/c1-6-24-19(25-11-9-18(16(4)5)28-8-3)27-12-10-17(14-27)13-26(7-2)15-20(21,22)23/h16-18H,6-15H2,1-5H3,(H,24,25). The zero-order valence-electron chi connectivity index (χ0n) is 18.2. The van der Waals surface area contributed by atoms with E-state index in [2.05, 4.69) is 24.1 Å². The summed E-state index contributed by atoms with van der Waals surface area (Å²) in [4.78, 5) is 8.43. The molecule has 5 nitrogen and oxygen atoms in total. The molecule has 1 rings (SSSR count). The molecule has 1 heterocycles. The van der Waals surface area contributed by atoms with Crippen molar-refractivity contribution in [2.75, 3.05) is 52.4 Å². The summed E-state index contributed by atoms with van der Waals surface area (Å²) in [6, 6.07) is 0. The SMILES string of the molecule is CCNC(=NCCC(OCC)C(C)C)N1CCC(CN(CC)CC(F)(F)F)C1. The molecule has 0 aromatic rings. The zero-order valence-corrected chi connectivity index (χ0v) is 18.2. The molecule has 8 heteroatoms. The summed E-state index contributed by atoms with van der Waals surface area (Å²) in [6.45, 7) is 13.9. The van der Waals surface area contributed by atoms with E-state index in [-0.39, 0.29) is 12.0 Å². The third-order valence-electron chi connectivity index (χ3n) is 5.09. The predicted octanol–water partition coefficient (Wildman–Crippen LogP) is 3.61. The molecule has 0 aliphatic carbocycles. The van der Waals surface area contributed by atoms with Crippen molar-refractivity contribution in [2.24, 2.45) is 16.8 Å². The van der Waals surface area contributed by atoms with Crippen molar-refractivity contribution in [3.63, 3.8) is 0 Å². The van der Waals surface area contributed by atoms with Gasteiger partial charge < -0.3 is 15.0 Å². The number of nitrogens with zero attached hydrogens (tertiary/aromatic N) is 3. The van der Waals surface area contributed by atoms with Crippen LogP contribution in [0.3, 0.4) is 0 Å². The molecular formula is C20H39F3N4O. The second-order valence-electron chi connectivity index (χ2n) is 7.81. The van der Waals surface area contributed by atoms with Crippen molar-refractivity contribution in [1.29, 1.82) is 0 Å². The Labute approximate surface area is 168 Å². The molecule has 0 radical (unpaired) electrons. The summed E-state index contributed by atoms with van der Waals surface area (Å²) in [7, 11) is 0. The van der Waals surface area contributed by atoms with Gasteiger partial charge in [-0.3, -0.25) is 9.89 Å². The van der Waals surface area contributed by atoms with Gasteiger partial charge in [0.15, 0.2) is 5.96 Å². The van der Waals surface area contributed by atoms with Crippen LogP contribution in [0.2, 0.25) is 0 Å². The summed E-state index contributed by atoms with van der Waals surface area (Å²) >= 11 is 0. The largest absolute Gasteiger partial charge is 0.401 e. The van der Waals surface area contributed by atoms with Crippen LogP contribution in [-0.4, -0.2) is 80.5 Å². The molecule has 0 bridgehead atoms. The second-order valence-corrected chi connectivity index (χ2v) is 7.81. The first-order chi connectivity index (χ1) is 13.2. The third-order valence-corrected chi connectivity index (χ3v) is 5.09. The Morgan fingerprint density at radius 3 is 2.54 bits per heavy atom. The van der Waals surface area contributed by atoms with Crippen LogP contribution in [0, 0.1) is 11.8 Å². The van der Waals surface area contributed by atoms with Gasteiger partial charge in [-0.1, -0.05) is 20.8 Å². The molecular weight excluding hydrogens is 369 g/mol. The molecule has 1 fully saturated rings. The van der Waals surface area contributed by atoms with Crippen LogP contribution in [0.1, 0.15) is 47.5 Å². The highest BCUT2D eigenvalue weighted by Gasteiger charge is 2.33. The van der Waals surface area contributed by atoms with Crippen LogP contribution < -0.4 is 5.32 Å². The fraction of sp³-hybridized carbons (Fsp3) is 0.950. The maximum atomic E-state index is 12.7. The minimum Gasteiger partial charge on any atom is -0.378 e. The molecule has 1 aliphatic rings. The van der Waals surface area contributed by atoms with E-state index in [9.17, 15) is 13.2 Å². The molecule has 0 aromatic heterocycles. The lowest BCUT2D eigenvalue weighted by Gasteiger charge is -2.26. The average Bonchev–Trinajstić information content (AvgIpc) is 3.06. The summed E-state index contributed by atoms with van der Waals surface area (Å²) in [5.41, 5.74) is 0. The van der Waals surface area contributed by atoms with Crippen molar-refractivity contribution in [1.82, 2.24) is 15.1 Å². The second kappa shape index (κ2) is 12.5. The maximum absolute atomic E-state index is 12.7. The lowest BCUT2D eigenvalue weighted by atomic mass is 10.0. The Morgan fingerprint density at radius 2 is 2.00 bits per heavy atom. The molecule has 1 aliphatic heterocycles. The number of alkyl halides is 3. The first-order valence-electron chi connectivity index (χ1n) is 10.6. The minimum atomic E-state index is -4.14. The quantitative estimate of drug-likeness (QED) is 0.419. The Kier molecular flexibility index (Phi) is 11.2. The number of aliphatic imine (C=N–C) groups is 1. The summed E-state index contributed by atoms with van der Waals surface area (Å²) < 4.78 is 43.9. The topological polar surface area (TPSA) is 40.1 Å². The van der Waals surface area contributed by atoms with Gasteiger partial charge >= 0.3 is 6.18 Å². The highest BCUT2D eigenvalue weighted by atomic mass is 19.4. The Bertz CT molecular complexity index is 457. The van der Waals surface area contributed by atoms with E-state index in [1.807, 2.05) is 13.8 Å². The highest BCUT2D eigenvalue weighted by Crippen LogP contribution is 2.21. The van der Waals surface area contributed by atoms with E-state index in [0.717, 1.165) is 38.4 Å². The molecule has 0 saturated carbocycles. The van der Waals surface area contributed by atoms with Gasteiger partial charge in [-0.05, 0) is 45.1 Å². The number of likely N-dealkylation sites (tertiary alicyclic amines) is 1. The van der Waals surface area contributed by atoms with E-state index in [1.165, 1.54) is 4.90 Å². The summed E-state index contributed by atoms with van der Waals surface area (Å²) in [6.07, 6.45) is -2.18. The number of halogens is 3. The number of hydrogen-bond donors (Lipinski definition) is 1. The number of nitrogens with one attached hydrogen (secondary N) is 1. The Balaban J connectivity index is 2.60. The molecule has 2 unspecified atom stereocenters. The van der Waals surface area contributed by atoms with Gasteiger partial charge in [0, 0.05) is 39.3 Å². The molecule has 1 saturated heterocycles. The van der Waals surface area contributed by atoms with Crippen molar-refractivity contribution in [3.05, 3.63) is 0 Å². The highest BCUT2D eigenvalue weighted by molar-refractivity contribution is 5.80. The predicted molar refractivity (Wildman–Crippen MR) is 109 cm³/mol. The average molecular weight is 409 g/mol. The number of hydrogen-bond acceptors (Lipinski definition) is 3. The van der Waals surface area contributed by atoms with Gasteiger partial charge in [0.2, 0.25) is 0 Å². The molecule has 1 N–H and O–H groups in total. The van der Waals surface area contributed by atoms with E-state index in [1.54, 1.807) is 6.92 Å². The van der Waals surface area contributed by atoms with Crippen molar-refractivity contribution < 1.29 is 17.9 Å². The smallest absolute Gasteiger partial charge is 0.378 e. The van der Waals surface area contributed by atoms with E-state index in [4.69, 9.17) is 9.73 Å². The van der Waals surface area contributed by atoms with E-state index >= 15 is 0 Å². The first-order valence-corrected chi connectivity index (χ1v) is 10.6. The van der Waals surface area contributed by atoms with Crippen LogP contribution >= 0.6 is 0 Å². The van der Waals surface area contributed by atoms with Crippen molar-refractivity contribution in [3.8, 4) is 0 Å². The lowest BCUT2D eigenvalue weighted by Crippen LogP contribution is -2.42. The van der Waals surface area contributed by atoms with Gasteiger partial charge in [-0.2, -0.15) is 13.2 Å². The summed E-state index contributed by atoms with van der Waals surface area (Å²) in [5.74, 6) is 1.54. The third kappa shape index (κ3) is 9.45. The molecule has 2 atom stereocenters. The molecule has 28 heavy (non-hydrogen) atoms. The molecule has 0 aromatic carbocycles. The molecule has 0 spiro atoms. The fourth-order valence-corrected chi connectivity index (χ4v) is 3.64. The van der Waals surface area contributed by atoms with Crippen LogP contribution in [0.25, 0.3) is 0 Å². The Hall–Kier alpha value is -1.02. The zero-order chi connectivity index (χ0) is 21.2. The molecule has 166 valence electrons. The number of rotatable bonds is 11. The van der Waals surface area contributed by atoms with Gasteiger partial charge in [0.25, 0.3) is 0 Å². The Morgan fingerprint density at radius 1 is 1.29 bits per heavy atom. The van der Waals surface area contributed by atoms with Gasteiger partial charge in [0.05, 0.1) is 12.6 Å². The normalized spacial score (nSPS) is 19.7. The van der Waals surface area contributed by atoms with E-state index in [0.29, 0.717) is 32.2 Å². The maximum Gasteiger partial charge on any atom is 0.401 e. The van der Waals surface area contributed by atoms with Crippen LogP contribution in [-0.2, 0) is 4.74 Å². The van der Waals surface area contributed by atoms with Gasteiger partial charge in [-0.25, -0.2) is 0 Å². The van der Waals surface area contributed by atoms with Crippen LogP contribution in [0.4, 0.5) is 13.2 Å². The van der Waals surface area contributed by atoms with Gasteiger partial charge in [-0.15, -0.1) is 0 Å². The summed E-state index contributed by atoms with van der Waals surface area (Å²) in [5, 5.41) is 3.33. The van der Waals surface area contributed by atoms with Crippen LogP contribution in [0.5, 0.6) is 0 Å². The van der Waals surface area contributed by atoms with Crippen molar-refractivity contribution in [2.45, 2.75) is 59.7 Å². The molecule has 0 amide bonds. The number of guanidine groups is 1. The first kappa shape index (κ1) is 25.0. The minimum absolute atomic E-state index is 0.198. The van der Waals surface area contributed by atoms with Gasteiger partial charge in [0.1, 0.15) is 0 Å². The lowest BCUT2D eigenvalue weighted by molar-refractivity contribution is -0.146. The number of ether oxygens (including phenoxy) is 1.